The van der Waals surface area contributed by atoms with Crippen LogP contribution in [0.3, 0.4) is 0 Å². The number of hydrogen-bond acceptors (Lipinski definition) is 4. The number of hydrogen-bond donors (Lipinski definition) is 0. The van der Waals surface area contributed by atoms with Gasteiger partial charge in [-0.3, -0.25) is 9.59 Å². The average molecular weight is 214 g/mol. The maximum atomic E-state index is 11.6. The molecule has 4 nitrogen and oxygen atoms in total. The van der Waals surface area contributed by atoms with Gasteiger partial charge < -0.3 is 9.47 Å². The van der Waals surface area contributed by atoms with Crippen LogP contribution < -0.4 is 0 Å². The minimum atomic E-state index is -0.859. The Morgan fingerprint density at radius 2 is 1.73 bits per heavy atom. The van der Waals surface area contributed by atoms with Crippen molar-refractivity contribution >= 4 is 11.6 Å². The topological polar surface area (TPSA) is 52.6 Å². The first-order valence-electron chi connectivity index (χ1n) is 5.47. The summed E-state index contributed by atoms with van der Waals surface area (Å²) >= 11 is 0. The maximum Gasteiger partial charge on any atom is 0.218 e. The minimum Gasteiger partial charge on any atom is -0.346 e. The van der Waals surface area contributed by atoms with E-state index >= 15 is 0 Å². The Balaban J connectivity index is 2.36. The molecule has 0 radical (unpaired) electrons. The highest BCUT2D eigenvalue weighted by Crippen LogP contribution is 2.31. The van der Waals surface area contributed by atoms with Crippen LogP contribution in [0.5, 0.6) is 0 Å². The molecule has 1 rings (SSSR count). The molecule has 0 N–H and O–H groups in total. The van der Waals surface area contributed by atoms with Gasteiger partial charge in [-0.05, 0) is 26.7 Å². The van der Waals surface area contributed by atoms with Crippen LogP contribution in [-0.2, 0) is 19.1 Å². The van der Waals surface area contributed by atoms with E-state index in [1.165, 1.54) is 0 Å². The zero-order valence-corrected chi connectivity index (χ0v) is 9.32. The molecule has 4 heteroatoms. The summed E-state index contributed by atoms with van der Waals surface area (Å²) < 4.78 is 10.2. The number of carbonyl (C=O) groups is 2. The molecule has 0 aromatic rings. The second-order valence-corrected chi connectivity index (χ2v) is 3.63. The molecule has 86 valence electrons. The number of rotatable bonds is 8. The third kappa shape index (κ3) is 4.10. The highest BCUT2D eigenvalue weighted by molar-refractivity contribution is 6.02. The van der Waals surface area contributed by atoms with Gasteiger partial charge in [0, 0.05) is 19.1 Å². The molecule has 0 unspecified atom stereocenters. The Morgan fingerprint density at radius 1 is 1.20 bits per heavy atom. The summed E-state index contributed by atoms with van der Waals surface area (Å²) in [5.41, 5.74) is 0. The Labute approximate surface area is 89.9 Å². The Kier molecular flexibility index (Phi) is 4.91. The third-order valence-electron chi connectivity index (χ3n) is 2.28. The van der Waals surface area contributed by atoms with Gasteiger partial charge in [0.25, 0.3) is 0 Å². The molecule has 15 heavy (non-hydrogen) atoms. The van der Waals surface area contributed by atoms with Gasteiger partial charge >= 0.3 is 0 Å². The number of ether oxygens (including phenoxy) is 2. The van der Waals surface area contributed by atoms with Crippen molar-refractivity contribution < 1.29 is 19.1 Å². The predicted molar refractivity (Wildman–Crippen MR) is 54.4 cm³/mol. The average Bonchev–Trinajstić information content (AvgIpc) is 3.00. The molecule has 0 spiro atoms. The summed E-state index contributed by atoms with van der Waals surface area (Å²) in [7, 11) is 0. The second kappa shape index (κ2) is 5.98. The SMILES string of the molecule is CCOC(OCC)C(=O)CC(=O)C1CC1. The molecule has 1 fully saturated rings. The molecule has 0 bridgehead atoms. The van der Waals surface area contributed by atoms with Crippen LogP contribution in [0, 0.1) is 5.92 Å². The van der Waals surface area contributed by atoms with Crippen molar-refractivity contribution in [1.29, 1.82) is 0 Å². The Morgan fingerprint density at radius 3 is 2.13 bits per heavy atom. The number of Topliss-reactive ketones (excluding diaryl/α,β-unsaturated/α-hetero) is 2. The normalized spacial score (nSPS) is 15.7. The van der Waals surface area contributed by atoms with E-state index in [-0.39, 0.29) is 23.9 Å². The highest BCUT2D eigenvalue weighted by atomic mass is 16.7. The third-order valence-corrected chi connectivity index (χ3v) is 2.28. The predicted octanol–water partition coefficient (Wildman–Crippen LogP) is 1.32. The smallest absolute Gasteiger partial charge is 0.218 e. The van der Waals surface area contributed by atoms with Crippen molar-refractivity contribution in [1.82, 2.24) is 0 Å². The van der Waals surface area contributed by atoms with Crippen LogP contribution in [-0.4, -0.2) is 31.1 Å². The van der Waals surface area contributed by atoms with Crippen LogP contribution in [0.15, 0.2) is 0 Å². The summed E-state index contributed by atoms with van der Waals surface area (Å²) in [4.78, 5) is 23.0. The number of carbonyl (C=O) groups excluding carboxylic acids is 2. The second-order valence-electron chi connectivity index (χ2n) is 3.63. The van der Waals surface area contributed by atoms with E-state index in [4.69, 9.17) is 9.47 Å². The summed E-state index contributed by atoms with van der Waals surface area (Å²) in [5, 5.41) is 0. The van der Waals surface area contributed by atoms with E-state index in [2.05, 4.69) is 0 Å². The molecule has 0 heterocycles. The quantitative estimate of drug-likeness (QED) is 0.451. The molecule has 0 atom stereocenters. The van der Waals surface area contributed by atoms with Crippen LogP contribution in [0.25, 0.3) is 0 Å². The monoisotopic (exact) mass is 214 g/mol. The van der Waals surface area contributed by atoms with Crippen LogP contribution in [0.4, 0.5) is 0 Å². The fraction of sp³-hybridized carbons (Fsp3) is 0.818. The van der Waals surface area contributed by atoms with E-state index in [1.807, 2.05) is 0 Å². The number of ketones is 2. The van der Waals surface area contributed by atoms with Crippen LogP contribution >= 0.6 is 0 Å². The fourth-order valence-corrected chi connectivity index (χ4v) is 1.34. The molecule has 0 amide bonds. The first kappa shape index (κ1) is 12.3. The zero-order chi connectivity index (χ0) is 11.3. The van der Waals surface area contributed by atoms with Gasteiger partial charge in [0.2, 0.25) is 6.29 Å². The molecule has 0 saturated heterocycles. The zero-order valence-electron chi connectivity index (χ0n) is 9.32. The van der Waals surface area contributed by atoms with Gasteiger partial charge in [-0.25, -0.2) is 0 Å². The van der Waals surface area contributed by atoms with E-state index in [0.29, 0.717) is 13.2 Å². The molecule has 1 aliphatic rings. The van der Waals surface area contributed by atoms with E-state index in [1.54, 1.807) is 13.8 Å². The molecule has 1 saturated carbocycles. The first-order valence-corrected chi connectivity index (χ1v) is 5.47. The van der Waals surface area contributed by atoms with E-state index < -0.39 is 6.29 Å². The lowest BCUT2D eigenvalue weighted by Crippen LogP contribution is -2.29. The van der Waals surface area contributed by atoms with Gasteiger partial charge in [0.05, 0.1) is 6.42 Å². The van der Waals surface area contributed by atoms with Gasteiger partial charge in [-0.2, -0.15) is 0 Å². The Hall–Kier alpha value is -0.740. The molecule has 0 aliphatic heterocycles. The highest BCUT2D eigenvalue weighted by Gasteiger charge is 2.32. The lowest BCUT2D eigenvalue weighted by atomic mass is 10.1. The van der Waals surface area contributed by atoms with Gasteiger partial charge in [0.1, 0.15) is 5.78 Å². The van der Waals surface area contributed by atoms with Crippen LogP contribution in [0.2, 0.25) is 0 Å². The van der Waals surface area contributed by atoms with Crippen molar-refractivity contribution in [2.24, 2.45) is 5.92 Å². The molecule has 1 aliphatic carbocycles. The molecule has 0 aromatic heterocycles. The van der Waals surface area contributed by atoms with Crippen molar-refractivity contribution in [2.45, 2.75) is 39.4 Å². The maximum absolute atomic E-state index is 11.6. The molecular formula is C11H18O4. The van der Waals surface area contributed by atoms with E-state index in [9.17, 15) is 9.59 Å². The molecular weight excluding hydrogens is 196 g/mol. The minimum absolute atomic E-state index is 0.0319. The summed E-state index contributed by atoms with van der Waals surface area (Å²) in [6.07, 6.45) is 0.956. The summed E-state index contributed by atoms with van der Waals surface area (Å²) in [5.74, 6) is -0.0992. The molecule has 0 aromatic carbocycles. The van der Waals surface area contributed by atoms with Crippen molar-refractivity contribution in [3.8, 4) is 0 Å². The summed E-state index contributed by atoms with van der Waals surface area (Å²) in [6, 6.07) is 0. The van der Waals surface area contributed by atoms with Crippen molar-refractivity contribution in [2.75, 3.05) is 13.2 Å². The standard InChI is InChI=1S/C11H18O4/c1-3-14-11(15-4-2)10(13)7-9(12)8-5-6-8/h8,11H,3-7H2,1-2H3. The van der Waals surface area contributed by atoms with Gasteiger partial charge in [-0.1, -0.05) is 0 Å². The van der Waals surface area contributed by atoms with Crippen molar-refractivity contribution in [3.63, 3.8) is 0 Å². The van der Waals surface area contributed by atoms with Crippen LogP contribution in [0.1, 0.15) is 33.1 Å². The Bertz CT molecular complexity index is 227. The van der Waals surface area contributed by atoms with Gasteiger partial charge in [0.15, 0.2) is 5.78 Å². The first-order chi connectivity index (χ1) is 7.19. The summed E-state index contributed by atoms with van der Waals surface area (Å²) in [6.45, 7) is 4.41. The lowest BCUT2D eigenvalue weighted by molar-refractivity contribution is -0.168. The van der Waals surface area contributed by atoms with Gasteiger partial charge in [-0.15, -0.1) is 0 Å². The fourth-order valence-electron chi connectivity index (χ4n) is 1.34. The van der Waals surface area contributed by atoms with E-state index in [0.717, 1.165) is 12.8 Å². The van der Waals surface area contributed by atoms with Crippen molar-refractivity contribution in [3.05, 3.63) is 0 Å². The largest absolute Gasteiger partial charge is 0.346 e. The lowest BCUT2D eigenvalue weighted by Gasteiger charge is -2.14.